The van der Waals surface area contributed by atoms with Crippen LogP contribution < -0.4 is 4.90 Å². The Morgan fingerprint density at radius 2 is 2.04 bits per heavy atom. The van der Waals surface area contributed by atoms with E-state index >= 15 is 0 Å². The van der Waals surface area contributed by atoms with E-state index in [1.807, 2.05) is 12.1 Å². The van der Waals surface area contributed by atoms with Crippen LogP contribution in [-0.2, 0) is 16.0 Å². The fraction of sp³-hybridized carbons (Fsp3) is 0.550. The second kappa shape index (κ2) is 8.32. The molecule has 132 valence electrons. The van der Waals surface area contributed by atoms with Crippen LogP contribution in [0.1, 0.15) is 58.1 Å². The minimum atomic E-state index is -0.884. The van der Waals surface area contributed by atoms with Crippen molar-refractivity contribution in [2.45, 2.75) is 59.4 Å². The average Bonchev–Trinajstić information content (AvgIpc) is 2.54. The number of benzene rings is 1. The predicted octanol–water partition coefficient (Wildman–Crippen LogP) is 4.89. The van der Waals surface area contributed by atoms with Crippen molar-refractivity contribution in [2.24, 2.45) is 0 Å². The van der Waals surface area contributed by atoms with Crippen molar-refractivity contribution in [3.8, 4) is 0 Å². The van der Waals surface area contributed by atoms with Gasteiger partial charge in [-0.05, 0) is 75.8 Å². The van der Waals surface area contributed by atoms with Crippen LogP contribution >= 0.6 is 0 Å². The minimum absolute atomic E-state index is 0.174. The molecule has 0 unspecified atom stereocenters. The van der Waals surface area contributed by atoms with E-state index in [2.05, 4.69) is 24.8 Å². The van der Waals surface area contributed by atoms with Gasteiger partial charge in [-0.25, -0.2) is 4.79 Å². The molecule has 2 rings (SSSR count). The predicted molar refractivity (Wildman–Crippen MR) is 96.8 cm³/mol. The largest absolute Gasteiger partial charge is 0.461 e. The van der Waals surface area contributed by atoms with Crippen LogP contribution in [0.3, 0.4) is 0 Å². The maximum Gasteiger partial charge on any atom is 0.367 e. The summed E-state index contributed by atoms with van der Waals surface area (Å²) in [6, 6.07) is 6.44. The standard InChI is InChI=1S/C20H28FNO2/c1-5-24-20(23)19(21)15(4)16-10-11-18-17(13-16)9-7-6-8-12-22(18)14(2)3/h10-11,13-14H,5-9,12H2,1-4H3. The van der Waals surface area contributed by atoms with E-state index in [1.165, 1.54) is 24.1 Å². The van der Waals surface area contributed by atoms with Crippen molar-refractivity contribution in [1.29, 1.82) is 0 Å². The van der Waals surface area contributed by atoms with E-state index < -0.39 is 11.8 Å². The summed E-state index contributed by atoms with van der Waals surface area (Å²) in [5.74, 6) is -1.69. The molecule has 0 fully saturated rings. The molecule has 0 bridgehead atoms. The highest BCUT2D eigenvalue weighted by molar-refractivity contribution is 5.95. The number of nitrogens with zero attached hydrogens (tertiary/aromatic N) is 1. The fourth-order valence-corrected chi connectivity index (χ4v) is 3.20. The van der Waals surface area contributed by atoms with Gasteiger partial charge in [-0.15, -0.1) is 0 Å². The molecule has 0 radical (unpaired) electrons. The first kappa shape index (κ1) is 18.5. The van der Waals surface area contributed by atoms with Crippen molar-refractivity contribution in [2.75, 3.05) is 18.1 Å². The van der Waals surface area contributed by atoms with Gasteiger partial charge in [0.2, 0.25) is 5.83 Å². The zero-order chi connectivity index (χ0) is 17.7. The molecule has 1 aliphatic heterocycles. The Kier molecular flexibility index (Phi) is 6.41. The number of hydrogen-bond acceptors (Lipinski definition) is 3. The summed E-state index contributed by atoms with van der Waals surface area (Å²) in [4.78, 5) is 14.0. The van der Waals surface area contributed by atoms with Gasteiger partial charge in [0.1, 0.15) is 0 Å². The van der Waals surface area contributed by atoms with Crippen molar-refractivity contribution < 1.29 is 13.9 Å². The molecule has 0 saturated carbocycles. The SMILES string of the molecule is CCOC(=O)C(F)=C(C)c1ccc2c(c1)CCCCCN2C(C)C. The van der Waals surface area contributed by atoms with Crippen LogP contribution in [0.4, 0.5) is 10.1 Å². The van der Waals surface area contributed by atoms with Gasteiger partial charge < -0.3 is 9.64 Å². The van der Waals surface area contributed by atoms with E-state index in [0.717, 1.165) is 24.9 Å². The number of rotatable bonds is 4. The maximum absolute atomic E-state index is 14.2. The van der Waals surface area contributed by atoms with Crippen molar-refractivity contribution in [3.05, 3.63) is 35.2 Å². The first-order valence-electron chi connectivity index (χ1n) is 8.89. The molecule has 4 heteroatoms. The van der Waals surface area contributed by atoms with Crippen LogP contribution in [0.25, 0.3) is 5.57 Å². The highest BCUT2D eigenvalue weighted by Crippen LogP contribution is 2.31. The van der Waals surface area contributed by atoms with E-state index in [1.54, 1.807) is 13.8 Å². The third kappa shape index (κ3) is 4.16. The maximum atomic E-state index is 14.2. The molecule has 0 saturated heterocycles. The third-order valence-corrected chi connectivity index (χ3v) is 4.57. The number of halogens is 1. The number of ether oxygens (including phenoxy) is 1. The molecule has 1 aliphatic rings. The molecule has 1 aromatic rings. The smallest absolute Gasteiger partial charge is 0.367 e. The molecular formula is C20H28FNO2. The van der Waals surface area contributed by atoms with Crippen molar-refractivity contribution >= 4 is 17.2 Å². The molecule has 1 aromatic carbocycles. The van der Waals surface area contributed by atoms with Gasteiger partial charge in [0, 0.05) is 18.3 Å². The quantitative estimate of drug-likeness (QED) is 0.580. The lowest BCUT2D eigenvalue weighted by Crippen LogP contribution is -2.33. The van der Waals surface area contributed by atoms with Crippen LogP contribution in [0.5, 0.6) is 0 Å². The van der Waals surface area contributed by atoms with E-state index in [-0.39, 0.29) is 6.61 Å². The number of hydrogen-bond donors (Lipinski definition) is 0. The number of carbonyl (C=O) groups excluding carboxylic acids is 1. The first-order chi connectivity index (χ1) is 11.5. The van der Waals surface area contributed by atoms with Gasteiger partial charge >= 0.3 is 5.97 Å². The molecule has 24 heavy (non-hydrogen) atoms. The summed E-state index contributed by atoms with van der Waals surface area (Å²) in [6.07, 6.45) is 4.54. The number of fused-ring (bicyclic) bond motifs is 1. The highest BCUT2D eigenvalue weighted by atomic mass is 19.1. The van der Waals surface area contributed by atoms with Crippen LogP contribution in [0.2, 0.25) is 0 Å². The van der Waals surface area contributed by atoms with Crippen LogP contribution in [0.15, 0.2) is 24.0 Å². The average molecular weight is 333 g/mol. The van der Waals surface area contributed by atoms with Gasteiger partial charge in [0.15, 0.2) is 0 Å². The van der Waals surface area contributed by atoms with E-state index in [4.69, 9.17) is 4.74 Å². The second-order valence-corrected chi connectivity index (χ2v) is 6.60. The Morgan fingerprint density at radius 3 is 2.71 bits per heavy atom. The monoisotopic (exact) mass is 333 g/mol. The number of esters is 1. The van der Waals surface area contributed by atoms with Gasteiger partial charge in [-0.2, -0.15) is 4.39 Å². The molecule has 0 N–H and O–H groups in total. The lowest BCUT2D eigenvalue weighted by molar-refractivity contribution is -0.140. The van der Waals surface area contributed by atoms with Gasteiger partial charge in [0.05, 0.1) is 6.61 Å². The lowest BCUT2D eigenvalue weighted by Gasteiger charge is -2.33. The Labute approximate surface area is 144 Å². The molecule has 0 atom stereocenters. The van der Waals surface area contributed by atoms with Gasteiger partial charge in [-0.3, -0.25) is 0 Å². The number of carbonyl (C=O) groups is 1. The number of aryl methyl sites for hydroxylation is 1. The van der Waals surface area contributed by atoms with E-state index in [0.29, 0.717) is 11.6 Å². The number of allylic oxidation sites excluding steroid dienone is 1. The van der Waals surface area contributed by atoms with Crippen molar-refractivity contribution in [1.82, 2.24) is 0 Å². The summed E-state index contributed by atoms with van der Waals surface area (Å²) < 4.78 is 19.0. The lowest BCUT2D eigenvalue weighted by atomic mass is 9.96. The summed E-state index contributed by atoms with van der Waals surface area (Å²) in [5, 5.41) is 0. The third-order valence-electron chi connectivity index (χ3n) is 4.57. The van der Waals surface area contributed by atoms with Crippen molar-refractivity contribution in [3.63, 3.8) is 0 Å². The minimum Gasteiger partial charge on any atom is -0.461 e. The summed E-state index contributed by atoms with van der Waals surface area (Å²) >= 11 is 0. The highest BCUT2D eigenvalue weighted by Gasteiger charge is 2.19. The van der Waals surface area contributed by atoms with Gasteiger partial charge in [0.25, 0.3) is 0 Å². The zero-order valence-corrected chi connectivity index (χ0v) is 15.2. The Hall–Kier alpha value is -1.84. The molecule has 1 heterocycles. The topological polar surface area (TPSA) is 29.5 Å². The molecule has 0 spiro atoms. The van der Waals surface area contributed by atoms with Crippen LogP contribution in [0, 0.1) is 0 Å². The molecule has 3 nitrogen and oxygen atoms in total. The molecular weight excluding hydrogens is 305 g/mol. The molecule has 0 amide bonds. The Morgan fingerprint density at radius 1 is 1.29 bits per heavy atom. The zero-order valence-electron chi connectivity index (χ0n) is 15.2. The Bertz CT molecular complexity index is 622. The Balaban J connectivity index is 2.40. The summed E-state index contributed by atoms with van der Waals surface area (Å²) in [6.45, 7) is 8.93. The van der Waals surface area contributed by atoms with E-state index in [9.17, 15) is 9.18 Å². The second-order valence-electron chi connectivity index (χ2n) is 6.60. The first-order valence-corrected chi connectivity index (χ1v) is 8.89. The number of anilines is 1. The molecule has 0 aliphatic carbocycles. The summed E-state index contributed by atoms with van der Waals surface area (Å²) in [7, 11) is 0. The fourth-order valence-electron chi connectivity index (χ4n) is 3.20. The normalized spacial score (nSPS) is 16.2. The molecule has 0 aromatic heterocycles. The van der Waals surface area contributed by atoms with Gasteiger partial charge in [-0.1, -0.05) is 12.5 Å². The van der Waals surface area contributed by atoms with Crippen LogP contribution in [-0.4, -0.2) is 25.2 Å². The summed E-state index contributed by atoms with van der Waals surface area (Å²) in [5.41, 5.74) is 3.56.